The van der Waals surface area contributed by atoms with Crippen LogP contribution >= 0.6 is 0 Å². The van der Waals surface area contributed by atoms with E-state index in [0.717, 1.165) is 35.2 Å². The van der Waals surface area contributed by atoms with Gasteiger partial charge >= 0.3 is 5.97 Å². The number of benzene rings is 1. The number of aryl methyl sites for hydroxylation is 1. The van der Waals surface area contributed by atoms with Crippen LogP contribution in [0.2, 0.25) is 0 Å². The van der Waals surface area contributed by atoms with Crippen LogP contribution in [-0.2, 0) is 4.74 Å². The van der Waals surface area contributed by atoms with E-state index in [2.05, 4.69) is 23.3 Å². The molecule has 0 amide bonds. The first-order valence-electron chi connectivity index (χ1n) is 9.57. The first-order chi connectivity index (χ1) is 13.6. The Morgan fingerprint density at radius 2 is 2.14 bits per heavy atom. The van der Waals surface area contributed by atoms with Gasteiger partial charge in [0.2, 0.25) is 5.76 Å². The zero-order valence-electron chi connectivity index (χ0n) is 16.5. The predicted molar refractivity (Wildman–Crippen MR) is 108 cm³/mol. The van der Waals surface area contributed by atoms with Crippen molar-refractivity contribution in [1.82, 2.24) is 10.3 Å². The fourth-order valence-electron chi connectivity index (χ4n) is 3.10. The van der Waals surface area contributed by atoms with Gasteiger partial charge < -0.3 is 19.2 Å². The first kappa shape index (κ1) is 19.9. The summed E-state index contributed by atoms with van der Waals surface area (Å²) in [6.07, 6.45) is 4.50. The molecule has 3 rings (SSSR count). The van der Waals surface area contributed by atoms with Crippen LogP contribution in [0.25, 0.3) is 11.0 Å². The molecule has 2 heterocycles. The monoisotopic (exact) mass is 382 g/mol. The Bertz CT molecular complexity index is 921. The summed E-state index contributed by atoms with van der Waals surface area (Å²) in [6, 6.07) is 9.82. The van der Waals surface area contributed by atoms with E-state index in [1.165, 1.54) is 0 Å². The van der Waals surface area contributed by atoms with Crippen LogP contribution in [0.5, 0.6) is 5.75 Å². The number of hydrogen-bond donors (Lipinski definition) is 1. The number of fused-ring (bicyclic) bond motifs is 1. The molecule has 6 nitrogen and oxygen atoms in total. The number of nitrogens with one attached hydrogen (secondary N) is 1. The molecule has 1 atom stereocenters. The predicted octanol–water partition coefficient (Wildman–Crippen LogP) is 4.43. The largest absolute Gasteiger partial charge is 0.493 e. The maximum absolute atomic E-state index is 12.1. The van der Waals surface area contributed by atoms with Gasteiger partial charge in [0.1, 0.15) is 11.3 Å². The minimum absolute atomic E-state index is 0.236. The lowest BCUT2D eigenvalue weighted by Gasteiger charge is -2.14. The highest BCUT2D eigenvalue weighted by molar-refractivity contribution is 5.98. The van der Waals surface area contributed by atoms with Gasteiger partial charge in [-0.15, -0.1) is 0 Å². The first-order valence-corrected chi connectivity index (χ1v) is 9.57. The third kappa shape index (κ3) is 4.51. The molecule has 1 N–H and O–H groups in total. The van der Waals surface area contributed by atoms with E-state index in [1.54, 1.807) is 13.1 Å². The lowest BCUT2D eigenvalue weighted by atomic mass is 10.1. The van der Waals surface area contributed by atoms with Crippen molar-refractivity contribution in [3.8, 4) is 5.75 Å². The molecule has 0 fully saturated rings. The molecular formula is C22H26N2O4. The second-order valence-electron chi connectivity index (χ2n) is 6.57. The molecule has 0 bridgehead atoms. The molecule has 0 aliphatic rings. The van der Waals surface area contributed by atoms with Crippen molar-refractivity contribution in [3.63, 3.8) is 0 Å². The van der Waals surface area contributed by atoms with E-state index in [9.17, 15) is 4.79 Å². The molecule has 0 radical (unpaired) electrons. The van der Waals surface area contributed by atoms with Crippen LogP contribution in [0, 0.1) is 6.92 Å². The lowest BCUT2D eigenvalue weighted by Crippen LogP contribution is -2.21. The molecule has 1 unspecified atom stereocenters. The van der Waals surface area contributed by atoms with Crippen molar-refractivity contribution in [3.05, 3.63) is 59.6 Å². The van der Waals surface area contributed by atoms with E-state index in [0.29, 0.717) is 18.8 Å². The third-order valence-corrected chi connectivity index (χ3v) is 4.59. The molecular weight excluding hydrogens is 356 g/mol. The van der Waals surface area contributed by atoms with E-state index < -0.39 is 5.97 Å². The average molecular weight is 382 g/mol. The van der Waals surface area contributed by atoms with Gasteiger partial charge in [0.15, 0.2) is 0 Å². The molecule has 148 valence electrons. The van der Waals surface area contributed by atoms with Crippen molar-refractivity contribution in [2.45, 2.75) is 33.2 Å². The summed E-state index contributed by atoms with van der Waals surface area (Å²) in [5, 5.41) is 4.29. The van der Waals surface area contributed by atoms with E-state index in [1.807, 2.05) is 37.4 Å². The maximum atomic E-state index is 12.1. The number of esters is 1. The second kappa shape index (κ2) is 9.37. The van der Waals surface area contributed by atoms with Crippen LogP contribution in [0.15, 0.2) is 47.1 Å². The summed E-state index contributed by atoms with van der Waals surface area (Å²) in [5.41, 5.74) is 2.53. The molecule has 6 heteroatoms. The summed E-state index contributed by atoms with van der Waals surface area (Å²) in [5.74, 6) is 0.505. The third-order valence-electron chi connectivity index (χ3n) is 4.59. The number of pyridine rings is 1. The van der Waals surface area contributed by atoms with Gasteiger partial charge in [0.25, 0.3) is 0 Å². The minimum Gasteiger partial charge on any atom is -0.493 e. The van der Waals surface area contributed by atoms with Gasteiger partial charge in [-0.2, -0.15) is 0 Å². The van der Waals surface area contributed by atoms with Crippen molar-refractivity contribution in [1.29, 1.82) is 0 Å². The van der Waals surface area contributed by atoms with E-state index in [-0.39, 0.29) is 11.8 Å². The van der Waals surface area contributed by atoms with Gasteiger partial charge in [-0.25, -0.2) is 4.79 Å². The van der Waals surface area contributed by atoms with Crippen molar-refractivity contribution in [2.24, 2.45) is 0 Å². The molecule has 2 aromatic heterocycles. The summed E-state index contributed by atoms with van der Waals surface area (Å²) in [4.78, 5) is 16.2. The maximum Gasteiger partial charge on any atom is 0.374 e. The fraction of sp³-hybridized carbons (Fsp3) is 0.364. The van der Waals surface area contributed by atoms with E-state index in [4.69, 9.17) is 13.9 Å². The van der Waals surface area contributed by atoms with Gasteiger partial charge in [-0.1, -0.05) is 12.1 Å². The second-order valence-corrected chi connectivity index (χ2v) is 6.57. The molecule has 0 saturated carbocycles. The van der Waals surface area contributed by atoms with Gasteiger partial charge in [-0.05, 0) is 57.5 Å². The van der Waals surface area contributed by atoms with Gasteiger partial charge in [0.05, 0.1) is 18.6 Å². The Hall–Kier alpha value is -2.86. The summed E-state index contributed by atoms with van der Waals surface area (Å²) in [6.45, 7) is 7.43. The Morgan fingerprint density at radius 3 is 2.89 bits per heavy atom. The van der Waals surface area contributed by atoms with Crippen LogP contribution < -0.4 is 10.1 Å². The Labute approximate surface area is 164 Å². The number of rotatable bonds is 9. The van der Waals surface area contributed by atoms with Crippen molar-refractivity contribution >= 4 is 16.9 Å². The molecule has 0 aliphatic carbocycles. The summed E-state index contributed by atoms with van der Waals surface area (Å²) in [7, 11) is 0. The SMILES string of the molecule is CCOC(=O)c1oc2cccc(OCCCNC(C)c3cccnc3)c2c1C. The van der Waals surface area contributed by atoms with Crippen LogP contribution in [0.1, 0.15) is 48.0 Å². The number of aromatic nitrogens is 1. The van der Waals surface area contributed by atoms with Crippen molar-refractivity contribution < 1.29 is 18.7 Å². The number of carbonyl (C=O) groups is 1. The van der Waals surface area contributed by atoms with Gasteiger partial charge in [0, 0.05) is 24.0 Å². The molecule has 0 saturated heterocycles. The lowest BCUT2D eigenvalue weighted by molar-refractivity contribution is 0.0491. The number of ether oxygens (including phenoxy) is 2. The van der Waals surface area contributed by atoms with E-state index >= 15 is 0 Å². The highest BCUT2D eigenvalue weighted by atomic mass is 16.5. The number of nitrogens with zero attached hydrogens (tertiary/aromatic N) is 1. The Balaban J connectivity index is 1.58. The topological polar surface area (TPSA) is 73.6 Å². The molecule has 0 aliphatic heterocycles. The Kier molecular flexibility index (Phi) is 6.66. The standard InChI is InChI=1S/C22H26N2O4/c1-4-26-22(25)21-15(2)20-18(9-5-10-19(20)28-21)27-13-7-12-24-16(3)17-8-6-11-23-14-17/h5-6,8-11,14,16,24H,4,7,12-13H2,1-3H3. The van der Waals surface area contributed by atoms with Crippen LogP contribution in [-0.4, -0.2) is 30.7 Å². The molecule has 28 heavy (non-hydrogen) atoms. The molecule has 1 aromatic carbocycles. The highest BCUT2D eigenvalue weighted by Gasteiger charge is 2.21. The molecule has 0 spiro atoms. The number of hydrogen-bond acceptors (Lipinski definition) is 6. The number of furan rings is 1. The minimum atomic E-state index is -0.448. The van der Waals surface area contributed by atoms with Crippen LogP contribution in [0.3, 0.4) is 0 Å². The average Bonchev–Trinajstić information content (AvgIpc) is 3.06. The highest BCUT2D eigenvalue weighted by Crippen LogP contribution is 2.33. The fourth-order valence-corrected chi connectivity index (χ4v) is 3.10. The normalized spacial score (nSPS) is 12.1. The van der Waals surface area contributed by atoms with Crippen molar-refractivity contribution in [2.75, 3.05) is 19.8 Å². The summed E-state index contributed by atoms with van der Waals surface area (Å²) >= 11 is 0. The smallest absolute Gasteiger partial charge is 0.374 e. The molecule has 3 aromatic rings. The zero-order chi connectivity index (χ0) is 19.9. The zero-order valence-corrected chi connectivity index (χ0v) is 16.5. The van der Waals surface area contributed by atoms with Crippen LogP contribution in [0.4, 0.5) is 0 Å². The summed E-state index contributed by atoms with van der Waals surface area (Å²) < 4.78 is 16.7. The number of carbonyl (C=O) groups excluding carboxylic acids is 1. The van der Waals surface area contributed by atoms with Gasteiger partial charge in [-0.3, -0.25) is 4.98 Å². The quantitative estimate of drug-likeness (QED) is 0.436. The Morgan fingerprint density at radius 1 is 1.29 bits per heavy atom.